The summed E-state index contributed by atoms with van der Waals surface area (Å²) in [7, 11) is 2.19. The van der Waals surface area contributed by atoms with Crippen LogP contribution in [0.15, 0.2) is 18.3 Å². The molecule has 18 heavy (non-hydrogen) atoms. The minimum atomic E-state index is 0.505. The molecule has 0 unspecified atom stereocenters. The van der Waals surface area contributed by atoms with E-state index in [1.54, 1.807) is 12.3 Å². The number of aromatic nitrogens is 1. The molecule has 96 valence electrons. The number of carbonyl (C=O) groups excluding carboxylic acids is 1. The summed E-state index contributed by atoms with van der Waals surface area (Å²) in [6, 6.07) is 3.64. The van der Waals surface area contributed by atoms with Crippen LogP contribution in [0.25, 0.3) is 0 Å². The maximum Gasteiger partial charge on any atom is 0.150 e. The van der Waals surface area contributed by atoms with Crippen LogP contribution in [0.4, 0.5) is 5.82 Å². The molecule has 0 bridgehead atoms. The van der Waals surface area contributed by atoms with Crippen LogP contribution in [0.2, 0.25) is 0 Å². The third-order valence-electron chi connectivity index (χ3n) is 4.33. The van der Waals surface area contributed by atoms with Gasteiger partial charge in [-0.25, -0.2) is 4.98 Å². The standard InChI is InChI=1S/C14H19N3O/c1-16-6-3-14(4-7-16)10-17(11-14)13-8-12(9-18)2-5-15-13/h2,5,8-9H,3-4,6-7,10-11H2,1H3. The molecule has 2 fully saturated rings. The number of pyridine rings is 1. The van der Waals surface area contributed by atoms with Crippen molar-refractivity contribution in [1.29, 1.82) is 0 Å². The lowest BCUT2D eigenvalue weighted by Crippen LogP contribution is -2.60. The van der Waals surface area contributed by atoms with Gasteiger partial charge in [-0.2, -0.15) is 0 Å². The maximum absolute atomic E-state index is 10.8. The molecule has 4 nitrogen and oxygen atoms in total. The van der Waals surface area contributed by atoms with Crippen molar-refractivity contribution in [3.05, 3.63) is 23.9 Å². The summed E-state index contributed by atoms with van der Waals surface area (Å²) in [4.78, 5) is 19.8. The van der Waals surface area contributed by atoms with Crippen molar-refractivity contribution in [1.82, 2.24) is 9.88 Å². The fraction of sp³-hybridized carbons (Fsp3) is 0.571. The summed E-state index contributed by atoms with van der Waals surface area (Å²) < 4.78 is 0. The SMILES string of the molecule is CN1CCC2(CC1)CN(c1cc(C=O)ccn1)C2. The predicted octanol–water partition coefficient (Wildman–Crippen LogP) is 1.43. The van der Waals surface area contributed by atoms with E-state index in [0.29, 0.717) is 11.0 Å². The fourth-order valence-corrected chi connectivity index (χ4v) is 3.01. The molecule has 1 aromatic heterocycles. The van der Waals surface area contributed by atoms with Crippen molar-refractivity contribution in [3.8, 4) is 0 Å². The van der Waals surface area contributed by atoms with E-state index in [2.05, 4.69) is 21.8 Å². The van der Waals surface area contributed by atoms with Crippen molar-refractivity contribution < 1.29 is 4.79 Å². The minimum Gasteiger partial charge on any atom is -0.355 e. The van der Waals surface area contributed by atoms with Crippen LogP contribution >= 0.6 is 0 Å². The average Bonchev–Trinajstić information content (AvgIpc) is 2.37. The number of carbonyl (C=O) groups is 1. The highest BCUT2D eigenvalue weighted by atomic mass is 16.1. The highest BCUT2D eigenvalue weighted by Gasteiger charge is 2.44. The van der Waals surface area contributed by atoms with E-state index in [1.807, 2.05) is 6.07 Å². The van der Waals surface area contributed by atoms with Gasteiger partial charge in [-0.1, -0.05) is 0 Å². The van der Waals surface area contributed by atoms with Crippen LogP contribution in [0.3, 0.4) is 0 Å². The molecule has 0 radical (unpaired) electrons. The zero-order chi connectivity index (χ0) is 12.6. The van der Waals surface area contributed by atoms with Crippen LogP contribution < -0.4 is 4.90 Å². The van der Waals surface area contributed by atoms with Gasteiger partial charge in [0.05, 0.1) is 0 Å². The second-order valence-corrected chi connectivity index (χ2v) is 5.72. The summed E-state index contributed by atoms with van der Waals surface area (Å²) in [5, 5.41) is 0. The van der Waals surface area contributed by atoms with Gasteiger partial charge in [-0.3, -0.25) is 4.79 Å². The highest BCUT2D eigenvalue weighted by Crippen LogP contribution is 2.41. The molecule has 1 spiro atoms. The smallest absolute Gasteiger partial charge is 0.150 e. The number of likely N-dealkylation sites (tertiary alicyclic amines) is 1. The Morgan fingerprint density at radius 3 is 2.72 bits per heavy atom. The molecule has 0 aliphatic carbocycles. The molecule has 4 heteroatoms. The zero-order valence-electron chi connectivity index (χ0n) is 10.8. The van der Waals surface area contributed by atoms with Crippen molar-refractivity contribution in [2.75, 3.05) is 38.1 Å². The Kier molecular flexibility index (Phi) is 2.82. The molecular weight excluding hydrogens is 226 g/mol. The van der Waals surface area contributed by atoms with Crippen molar-refractivity contribution >= 4 is 12.1 Å². The number of piperidine rings is 1. The monoisotopic (exact) mass is 245 g/mol. The first-order chi connectivity index (χ1) is 8.71. The number of aldehydes is 1. The number of hydrogen-bond acceptors (Lipinski definition) is 4. The molecule has 3 heterocycles. The van der Waals surface area contributed by atoms with Gasteiger partial charge in [0.2, 0.25) is 0 Å². The van der Waals surface area contributed by atoms with E-state index in [4.69, 9.17) is 0 Å². The second-order valence-electron chi connectivity index (χ2n) is 5.72. The lowest BCUT2D eigenvalue weighted by Gasteiger charge is -2.54. The molecule has 2 saturated heterocycles. The topological polar surface area (TPSA) is 36.4 Å². The Hall–Kier alpha value is -1.42. The van der Waals surface area contributed by atoms with Crippen LogP contribution in [-0.2, 0) is 0 Å². The van der Waals surface area contributed by atoms with E-state index in [0.717, 1.165) is 25.2 Å². The van der Waals surface area contributed by atoms with Gasteiger partial charge in [-0.15, -0.1) is 0 Å². The summed E-state index contributed by atoms with van der Waals surface area (Å²) >= 11 is 0. The summed E-state index contributed by atoms with van der Waals surface area (Å²) in [5.74, 6) is 0.948. The molecule has 2 aliphatic heterocycles. The Labute approximate surface area is 108 Å². The van der Waals surface area contributed by atoms with Crippen molar-refractivity contribution in [2.45, 2.75) is 12.8 Å². The van der Waals surface area contributed by atoms with E-state index in [-0.39, 0.29) is 0 Å². The minimum absolute atomic E-state index is 0.505. The third-order valence-corrected chi connectivity index (χ3v) is 4.33. The Balaban J connectivity index is 1.66. The van der Waals surface area contributed by atoms with Crippen molar-refractivity contribution in [2.24, 2.45) is 5.41 Å². The highest BCUT2D eigenvalue weighted by molar-refractivity contribution is 5.76. The van der Waals surface area contributed by atoms with E-state index in [1.165, 1.54) is 25.9 Å². The molecule has 0 amide bonds. The first-order valence-electron chi connectivity index (χ1n) is 6.56. The second kappa shape index (κ2) is 4.35. The van der Waals surface area contributed by atoms with Crippen LogP contribution in [0.5, 0.6) is 0 Å². The number of rotatable bonds is 2. The maximum atomic E-state index is 10.8. The lowest BCUT2D eigenvalue weighted by atomic mass is 9.72. The molecule has 1 aromatic rings. The normalized spacial score (nSPS) is 22.8. The van der Waals surface area contributed by atoms with E-state index in [9.17, 15) is 4.79 Å². The fourth-order valence-electron chi connectivity index (χ4n) is 3.01. The molecule has 2 aliphatic rings. The number of nitrogens with zero attached hydrogens (tertiary/aromatic N) is 3. The Morgan fingerprint density at radius 1 is 1.33 bits per heavy atom. The van der Waals surface area contributed by atoms with Crippen LogP contribution in [0.1, 0.15) is 23.2 Å². The van der Waals surface area contributed by atoms with Gasteiger partial charge in [0.15, 0.2) is 0 Å². The van der Waals surface area contributed by atoms with E-state index >= 15 is 0 Å². The first-order valence-corrected chi connectivity index (χ1v) is 6.56. The zero-order valence-corrected chi connectivity index (χ0v) is 10.8. The molecule has 0 aromatic carbocycles. The molecule has 0 N–H and O–H groups in total. The quantitative estimate of drug-likeness (QED) is 0.739. The van der Waals surface area contributed by atoms with E-state index < -0.39 is 0 Å². The van der Waals surface area contributed by atoms with Gasteiger partial charge in [-0.05, 0) is 45.1 Å². The van der Waals surface area contributed by atoms with Gasteiger partial charge >= 0.3 is 0 Å². The average molecular weight is 245 g/mol. The Morgan fingerprint density at radius 2 is 2.06 bits per heavy atom. The predicted molar refractivity (Wildman–Crippen MR) is 71.0 cm³/mol. The largest absolute Gasteiger partial charge is 0.355 e. The first kappa shape index (κ1) is 11.7. The summed E-state index contributed by atoms with van der Waals surface area (Å²) in [6.07, 6.45) is 5.18. The van der Waals surface area contributed by atoms with Crippen LogP contribution in [0, 0.1) is 5.41 Å². The number of anilines is 1. The number of hydrogen-bond donors (Lipinski definition) is 0. The molecule has 3 rings (SSSR count). The van der Waals surface area contributed by atoms with Gasteiger partial charge in [0, 0.05) is 30.3 Å². The molecule has 0 saturated carbocycles. The lowest BCUT2D eigenvalue weighted by molar-refractivity contribution is 0.0900. The summed E-state index contributed by atoms with van der Waals surface area (Å²) in [6.45, 7) is 4.59. The van der Waals surface area contributed by atoms with Crippen LogP contribution in [-0.4, -0.2) is 49.4 Å². The van der Waals surface area contributed by atoms with Gasteiger partial charge in [0.25, 0.3) is 0 Å². The van der Waals surface area contributed by atoms with Crippen molar-refractivity contribution in [3.63, 3.8) is 0 Å². The Bertz CT molecular complexity index is 444. The third kappa shape index (κ3) is 2.01. The van der Waals surface area contributed by atoms with Gasteiger partial charge in [0.1, 0.15) is 12.1 Å². The summed E-state index contributed by atoms with van der Waals surface area (Å²) in [5.41, 5.74) is 1.22. The van der Waals surface area contributed by atoms with Gasteiger partial charge < -0.3 is 9.80 Å². The molecule has 0 atom stereocenters. The molecular formula is C14H19N3O.